The van der Waals surface area contributed by atoms with Crippen LogP contribution in [0.25, 0.3) is 0 Å². The van der Waals surface area contributed by atoms with Crippen molar-refractivity contribution < 1.29 is 19.2 Å². The zero-order valence-electron chi connectivity index (χ0n) is 15.7. The quantitative estimate of drug-likeness (QED) is 0.537. The van der Waals surface area contributed by atoms with Crippen molar-refractivity contribution in [3.63, 3.8) is 0 Å². The lowest BCUT2D eigenvalue weighted by Gasteiger charge is -2.41. The van der Waals surface area contributed by atoms with E-state index in [1.54, 1.807) is 0 Å². The molecule has 1 saturated carbocycles. The zero-order valence-corrected chi connectivity index (χ0v) is 15.7. The molecule has 7 nitrogen and oxygen atoms in total. The van der Waals surface area contributed by atoms with Crippen LogP contribution in [0.15, 0.2) is 12.7 Å². The molecule has 0 spiro atoms. The molecule has 0 aromatic heterocycles. The van der Waals surface area contributed by atoms with Gasteiger partial charge in [-0.15, -0.1) is 0 Å². The maximum Gasteiger partial charge on any atom is 0.246 e. The van der Waals surface area contributed by atoms with Crippen molar-refractivity contribution in [3.05, 3.63) is 12.7 Å². The molecule has 26 heavy (non-hydrogen) atoms. The van der Waals surface area contributed by atoms with Gasteiger partial charge in [-0.3, -0.25) is 14.4 Å². The minimum absolute atomic E-state index is 0.0842. The topological polar surface area (TPSA) is 86.8 Å². The van der Waals surface area contributed by atoms with Crippen LogP contribution in [-0.4, -0.2) is 65.0 Å². The maximum absolute atomic E-state index is 12.9. The van der Waals surface area contributed by atoms with Crippen LogP contribution in [0.5, 0.6) is 0 Å². The zero-order chi connectivity index (χ0) is 19.3. The first-order valence-corrected chi connectivity index (χ1v) is 9.31. The molecule has 1 aliphatic heterocycles. The summed E-state index contributed by atoms with van der Waals surface area (Å²) >= 11 is 0. The summed E-state index contributed by atoms with van der Waals surface area (Å²) in [5, 5.41) is 2.81. The second-order valence-corrected chi connectivity index (χ2v) is 7.67. The van der Waals surface area contributed by atoms with Gasteiger partial charge >= 0.3 is 0 Å². The first-order chi connectivity index (χ1) is 12.3. The van der Waals surface area contributed by atoms with E-state index in [-0.39, 0.29) is 30.2 Å². The van der Waals surface area contributed by atoms with Gasteiger partial charge in [-0.05, 0) is 31.3 Å². The lowest BCUT2D eigenvalue weighted by Crippen LogP contribution is -2.61. The third-order valence-corrected chi connectivity index (χ3v) is 5.18. The number of nitrogens with zero attached hydrogens (tertiary/aromatic N) is 2. The van der Waals surface area contributed by atoms with Crippen LogP contribution in [0, 0.1) is 5.92 Å². The number of rotatable bonds is 7. The van der Waals surface area contributed by atoms with Crippen molar-refractivity contribution in [1.29, 1.82) is 0 Å². The van der Waals surface area contributed by atoms with E-state index in [4.69, 9.17) is 0 Å². The molecule has 1 N–H and O–H groups in total. The normalized spacial score (nSPS) is 22.4. The highest BCUT2D eigenvalue weighted by molar-refractivity contribution is 5.95. The molecule has 1 heterocycles. The minimum Gasteiger partial charge on any atom is -0.342 e. The van der Waals surface area contributed by atoms with Gasteiger partial charge in [0.05, 0.1) is 12.1 Å². The Kier molecular flexibility index (Phi) is 6.56. The summed E-state index contributed by atoms with van der Waals surface area (Å²) in [5.74, 6) is -0.574. The lowest BCUT2D eigenvalue weighted by molar-refractivity contribution is -0.151. The average molecular weight is 363 g/mol. The molecule has 2 aliphatic rings. The van der Waals surface area contributed by atoms with Crippen molar-refractivity contribution in [3.8, 4) is 0 Å². The maximum atomic E-state index is 12.9. The summed E-state index contributed by atoms with van der Waals surface area (Å²) in [5.41, 5.74) is -0.780. The highest BCUT2D eigenvalue weighted by Gasteiger charge is 2.39. The van der Waals surface area contributed by atoms with E-state index in [9.17, 15) is 19.2 Å². The number of hydrogen-bond donors (Lipinski definition) is 1. The number of piperazine rings is 1. The molecule has 1 saturated heterocycles. The first kappa shape index (κ1) is 20.1. The number of aldehydes is 1. The van der Waals surface area contributed by atoms with Crippen LogP contribution in [0.4, 0.5) is 0 Å². The van der Waals surface area contributed by atoms with Gasteiger partial charge in [0.2, 0.25) is 17.7 Å². The van der Waals surface area contributed by atoms with Crippen molar-refractivity contribution in [1.82, 2.24) is 15.1 Å². The number of amides is 3. The number of carbonyl (C=O) groups is 4. The van der Waals surface area contributed by atoms with Crippen molar-refractivity contribution >= 4 is 24.0 Å². The second kappa shape index (κ2) is 8.47. The molecular weight excluding hydrogens is 334 g/mol. The van der Waals surface area contributed by atoms with Gasteiger partial charge in [0.25, 0.3) is 0 Å². The van der Waals surface area contributed by atoms with Gasteiger partial charge in [0, 0.05) is 13.1 Å². The van der Waals surface area contributed by atoms with Gasteiger partial charge in [-0.25, -0.2) is 0 Å². The monoisotopic (exact) mass is 363 g/mol. The van der Waals surface area contributed by atoms with Crippen LogP contribution in [0.1, 0.15) is 46.0 Å². The Morgan fingerprint density at radius 3 is 2.50 bits per heavy atom. The molecule has 1 atom stereocenters. The first-order valence-electron chi connectivity index (χ1n) is 9.31. The van der Waals surface area contributed by atoms with E-state index < -0.39 is 11.6 Å². The molecule has 0 aromatic carbocycles. The Bertz CT molecular complexity index is 581. The molecular formula is C19H29N3O4. The summed E-state index contributed by atoms with van der Waals surface area (Å²) in [6.45, 7) is 8.07. The molecule has 0 aromatic rings. The Hall–Kier alpha value is -2.18. The second-order valence-electron chi connectivity index (χ2n) is 7.67. The molecule has 1 unspecified atom stereocenters. The van der Waals surface area contributed by atoms with Gasteiger partial charge < -0.3 is 19.9 Å². The fourth-order valence-corrected chi connectivity index (χ4v) is 3.82. The summed E-state index contributed by atoms with van der Waals surface area (Å²) in [4.78, 5) is 51.8. The summed E-state index contributed by atoms with van der Waals surface area (Å²) in [7, 11) is 0. The predicted molar refractivity (Wildman–Crippen MR) is 97.1 cm³/mol. The Morgan fingerprint density at radius 2 is 1.96 bits per heavy atom. The smallest absolute Gasteiger partial charge is 0.246 e. The largest absolute Gasteiger partial charge is 0.342 e. The summed E-state index contributed by atoms with van der Waals surface area (Å²) in [6.07, 6.45) is 5.70. The van der Waals surface area contributed by atoms with Crippen LogP contribution < -0.4 is 5.32 Å². The van der Waals surface area contributed by atoms with E-state index in [2.05, 4.69) is 11.9 Å². The standard InChI is InChI=1S/C19H29N3O4/c1-4-17(25)22-10-9-21(18(26)15(22)11-14(2)3)12-16(24)20-19(13-23)7-5-6-8-19/h4,13-15H,1,5-12H2,2-3H3,(H,20,24). The lowest BCUT2D eigenvalue weighted by atomic mass is 9.98. The molecule has 144 valence electrons. The van der Waals surface area contributed by atoms with Crippen LogP contribution in [-0.2, 0) is 19.2 Å². The summed E-state index contributed by atoms with van der Waals surface area (Å²) < 4.78 is 0. The van der Waals surface area contributed by atoms with Crippen LogP contribution in [0.2, 0.25) is 0 Å². The van der Waals surface area contributed by atoms with Gasteiger partial charge in [-0.2, -0.15) is 0 Å². The Morgan fingerprint density at radius 1 is 1.31 bits per heavy atom. The molecule has 0 radical (unpaired) electrons. The SMILES string of the molecule is C=CC(=O)N1CCN(CC(=O)NC2(C=O)CCCC2)C(=O)C1CC(C)C. The van der Waals surface area contributed by atoms with Crippen molar-refractivity contribution in [2.24, 2.45) is 5.92 Å². The third kappa shape index (κ3) is 4.51. The van der Waals surface area contributed by atoms with Crippen LogP contribution in [0.3, 0.4) is 0 Å². The van der Waals surface area contributed by atoms with E-state index in [0.29, 0.717) is 32.4 Å². The highest BCUT2D eigenvalue weighted by Crippen LogP contribution is 2.27. The van der Waals surface area contributed by atoms with E-state index in [1.807, 2.05) is 13.8 Å². The van der Waals surface area contributed by atoms with E-state index >= 15 is 0 Å². The number of carbonyl (C=O) groups excluding carboxylic acids is 4. The fraction of sp³-hybridized carbons (Fsp3) is 0.684. The van der Waals surface area contributed by atoms with Crippen LogP contribution >= 0.6 is 0 Å². The molecule has 2 rings (SSSR count). The fourth-order valence-electron chi connectivity index (χ4n) is 3.82. The summed E-state index contributed by atoms with van der Waals surface area (Å²) in [6, 6.07) is -0.575. The Labute approximate surface area is 154 Å². The molecule has 3 amide bonds. The third-order valence-electron chi connectivity index (χ3n) is 5.18. The van der Waals surface area contributed by atoms with E-state index in [0.717, 1.165) is 19.1 Å². The number of nitrogens with one attached hydrogen (secondary N) is 1. The van der Waals surface area contributed by atoms with Gasteiger partial charge in [0.1, 0.15) is 12.3 Å². The predicted octanol–water partition coefficient (Wildman–Crippen LogP) is 0.886. The molecule has 7 heteroatoms. The van der Waals surface area contributed by atoms with Gasteiger partial charge in [0.15, 0.2) is 0 Å². The Balaban J connectivity index is 2.04. The van der Waals surface area contributed by atoms with Gasteiger partial charge in [-0.1, -0.05) is 33.3 Å². The molecule has 2 fully saturated rings. The molecule has 1 aliphatic carbocycles. The van der Waals surface area contributed by atoms with Crippen molar-refractivity contribution in [2.45, 2.75) is 57.5 Å². The number of hydrogen-bond acceptors (Lipinski definition) is 4. The highest BCUT2D eigenvalue weighted by atomic mass is 16.2. The van der Waals surface area contributed by atoms with E-state index in [1.165, 1.54) is 15.9 Å². The van der Waals surface area contributed by atoms with Crippen molar-refractivity contribution in [2.75, 3.05) is 19.6 Å². The minimum atomic E-state index is -0.780. The molecule has 0 bridgehead atoms. The average Bonchev–Trinajstić information content (AvgIpc) is 3.06.